The number of allylic oxidation sites excluding steroid dienone is 1. The zero-order valence-corrected chi connectivity index (χ0v) is 15.6. The first kappa shape index (κ1) is 18.7. The number of hydrogen-bond donors (Lipinski definition) is 0. The molecule has 140 valence electrons. The van der Waals surface area contributed by atoms with Crippen LogP contribution in [0.3, 0.4) is 0 Å². The van der Waals surface area contributed by atoms with Crippen LogP contribution < -0.4 is 15.0 Å². The molecule has 5 heteroatoms. The third-order valence-electron chi connectivity index (χ3n) is 4.42. The summed E-state index contributed by atoms with van der Waals surface area (Å²) in [5.41, 5.74) is 1.78. The Morgan fingerprint density at radius 3 is 2.81 bits per heavy atom. The second kappa shape index (κ2) is 9.03. The number of rotatable bonds is 9. The first-order valence-electron chi connectivity index (χ1n) is 9.08. The molecule has 0 aliphatic carbocycles. The Morgan fingerprint density at radius 2 is 2.00 bits per heavy atom. The lowest BCUT2D eigenvalue weighted by molar-refractivity contribution is 0.281. The van der Waals surface area contributed by atoms with Crippen LogP contribution in [0.4, 0.5) is 0 Å². The minimum Gasteiger partial charge on any atom is -0.493 e. The van der Waals surface area contributed by atoms with Crippen molar-refractivity contribution < 1.29 is 9.47 Å². The number of para-hydroxylation sites is 2. The van der Waals surface area contributed by atoms with Crippen molar-refractivity contribution >= 4 is 10.9 Å². The number of ether oxygens (including phenoxy) is 2. The molecule has 1 aromatic heterocycles. The maximum Gasteiger partial charge on any atom is 0.261 e. The zero-order valence-electron chi connectivity index (χ0n) is 15.6. The molecule has 27 heavy (non-hydrogen) atoms. The Hall–Kier alpha value is -3.08. The van der Waals surface area contributed by atoms with Crippen molar-refractivity contribution in [3.8, 4) is 11.5 Å². The fourth-order valence-electron chi connectivity index (χ4n) is 3.03. The van der Waals surface area contributed by atoms with Crippen LogP contribution in [0, 0.1) is 0 Å². The van der Waals surface area contributed by atoms with Gasteiger partial charge in [-0.05, 0) is 37.5 Å². The van der Waals surface area contributed by atoms with E-state index in [1.165, 1.54) is 0 Å². The van der Waals surface area contributed by atoms with E-state index in [-0.39, 0.29) is 5.56 Å². The number of aromatic nitrogens is 2. The highest BCUT2D eigenvalue weighted by atomic mass is 16.5. The summed E-state index contributed by atoms with van der Waals surface area (Å²) in [5.74, 6) is 1.49. The molecule has 0 radical (unpaired) electrons. The zero-order chi connectivity index (χ0) is 19.1. The van der Waals surface area contributed by atoms with Gasteiger partial charge in [0.05, 0.1) is 30.9 Å². The third kappa shape index (κ3) is 4.37. The molecule has 1 heterocycles. The molecule has 0 saturated carbocycles. The van der Waals surface area contributed by atoms with E-state index in [0.717, 1.165) is 41.8 Å². The molecule has 0 spiro atoms. The summed E-state index contributed by atoms with van der Waals surface area (Å²) in [6.45, 7) is 4.96. The summed E-state index contributed by atoms with van der Waals surface area (Å²) in [7, 11) is 1.64. The molecule has 0 saturated heterocycles. The quantitative estimate of drug-likeness (QED) is 0.425. The molecule has 0 atom stereocenters. The largest absolute Gasteiger partial charge is 0.493 e. The van der Waals surface area contributed by atoms with Crippen LogP contribution in [0.5, 0.6) is 11.5 Å². The van der Waals surface area contributed by atoms with Crippen LogP contribution in [-0.4, -0.2) is 23.3 Å². The van der Waals surface area contributed by atoms with Gasteiger partial charge in [0.2, 0.25) is 0 Å². The van der Waals surface area contributed by atoms with Gasteiger partial charge in [-0.3, -0.25) is 9.36 Å². The van der Waals surface area contributed by atoms with Crippen molar-refractivity contribution in [3.05, 3.63) is 77.4 Å². The maximum atomic E-state index is 12.5. The van der Waals surface area contributed by atoms with E-state index < -0.39 is 0 Å². The number of hydrogen-bond acceptors (Lipinski definition) is 4. The molecule has 0 fully saturated rings. The number of aryl methyl sites for hydroxylation is 1. The van der Waals surface area contributed by atoms with Gasteiger partial charge in [-0.2, -0.15) is 0 Å². The maximum absolute atomic E-state index is 12.5. The van der Waals surface area contributed by atoms with Gasteiger partial charge in [0.15, 0.2) is 11.5 Å². The molecular formula is C22H24N2O3. The molecule has 3 aromatic rings. The average molecular weight is 364 g/mol. The van der Waals surface area contributed by atoms with Crippen LogP contribution in [-0.2, 0) is 13.0 Å². The molecule has 2 aromatic carbocycles. The van der Waals surface area contributed by atoms with Crippen LogP contribution in [0.25, 0.3) is 10.9 Å². The molecule has 5 nitrogen and oxygen atoms in total. The predicted molar refractivity (Wildman–Crippen MR) is 108 cm³/mol. The number of benzene rings is 2. The first-order valence-corrected chi connectivity index (χ1v) is 9.08. The summed E-state index contributed by atoms with van der Waals surface area (Å²) in [6.07, 6.45) is 5.84. The Bertz CT molecular complexity index is 979. The standard InChI is InChI=1S/C22H24N2O3/c1-3-9-17-10-8-13-20(26-2)21(17)27-15-7-6-14-24-16-23-19-12-5-4-11-18(19)22(24)25/h3-5,8,10-13,16H,1,6-7,9,14-15H2,2H3. The summed E-state index contributed by atoms with van der Waals surface area (Å²) in [5, 5.41) is 0.652. The second-order valence-corrected chi connectivity index (χ2v) is 6.26. The SMILES string of the molecule is C=CCc1cccc(OC)c1OCCCCn1cnc2ccccc2c1=O. The first-order chi connectivity index (χ1) is 13.2. The van der Waals surface area contributed by atoms with Crippen molar-refractivity contribution in [2.75, 3.05) is 13.7 Å². The second-order valence-electron chi connectivity index (χ2n) is 6.26. The van der Waals surface area contributed by atoms with Crippen LogP contribution in [0.15, 0.2) is 66.2 Å². The molecular weight excluding hydrogens is 340 g/mol. The highest BCUT2D eigenvalue weighted by Gasteiger charge is 2.09. The van der Waals surface area contributed by atoms with Gasteiger partial charge in [-0.1, -0.05) is 30.3 Å². The van der Waals surface area contributed by atoms with Crippen molar-refractivity contribution in [1.82, 2.24) is 9.55 Å². The Balaban J connectivity index is 1.58. The lowest BCUT2D eigenvalue weighted by Gasteiger charge is -2.14. The summed E-state index contributed by atoms with van der Waals surface area (Å²) < 4.78 is 13.0. The minimum absolute atomic E-state index is 0.000448. The summed E-state index contributed by atoms with van der Waals surface area (Å²) in [4.78, 5) is 16.8. The summed E-state index contributed by atoms with van der Waals surface area (Å²) in [6, 6.07) is 13.3. The van der Waals surface area contributed by atoms with Gasteiger partial charge < -0.3 is 9.47 Å². The van der Waals surface area contributed by atoms with Crippen LogP contribution >= 0.6 is 0 Å². The van der Waals surface area contributed by atoms with Crippen LogP contribution in [0.2, 0.25) is 0 Å². The highest BCUT2D eigenvalue weighted by Crippen LogP contribution is 2.31. The number of nitrogens with zero attached hydrogens (tertiary/aromatic N) is 2. The molecule has 0 bridgehead atoms. The number of fused-ring (bicyclic) bond motifs is 1. The Kier molecular flexibility index (Phi) is 6.26. The van der Waals surface area contributed by atoms with E-state index in [4.69, 9.17) is 9.47 Å². The van der Waals surface area contributed by atoms with Gasteiger partial charge in [0.25, 0.3) is 5.56 Å². The Labute approximate surface area is 158 Å². The molecule has 0 N–H and O–H groups in total. The lowest BCUT2D eigenvalue weighted by Crippen LogP contribution is -2.20. The van der Waals surface area contributed by atoms with Crippen molar-refractivity contribution in [3.63, 3.8) is 0 Å². The normalized spacial score (nSPS) is 10.7. The predicted octanol–water partition coefficient (Wildman–Crippen LogP) is 3.99. The van der Waals surface area contributed by atoms with Crippen molar-refractivity contribution in [2.45, 2.75) is 25.8 Å². The van der Waals surface area contributed by atoms with Gasteiger partial charge in [0.1, 0.15) is 0 Å². The minimum atomic E-state index is -0.000448. The average Bonchev–Trinajstić information content (AvgIpc) is 2.70. The van der Waals surface area contributed by atoms with E-state index in [1.54, 1.807) is 18.0 Å². The highest BCUT2D eigenvalue weighted by molar-refractivity contribution is 5.76. The van der Waals surface area contributed by atoms with Gasteiger partial charge in [0, 0.05) is 12.1 Å². The van der Waals surface area contributed by atoms with E-state index in [2.05, 4.69) is 11.6 Å². The van der Waals surface area contributed by atoms with E-state index in [0.29, 0.717) is 18.5 Å². The van der Waals surface area contributed by atoms with E-state index >= 15 is 0 Å². The molecule has 0 aliphatic heterocycles. The van der Waals surface area contributed by atoms with Gasteiger partial charge >= 0.3 is 0 Å². The van der Waals surface area contributed by atoms with Gasteiger partial charge in [-0.25, -0.2) is 4.98 Å². The van der Waals surface area contributed by atoms with Crippen molar-refractivity contribution in [2.24, 2.45) is 0 Å². The third-order valence-corrected chi connectivity index (χ3v) is 4.42. The lowest BCUT2D eigenvalue weighted by atomic mass is 10.1. The number of methoxy groups -OCH3 is 1. The summed E-state index contributed by atoms with van der Waals surface area (Å²) >= 11 is 0. The molecule has 0 unspecified atom stereocenters. The molecule has 3 rings (SSSR count). The smallest absolute Gasteiger partial charge is 0.261 e. The fourth-order valence-corrected chi connectivity index (χ4v) is 3.03. The topological polar surface area (TPSA) is 53.4 Å². The Morgan fingerprint density at radius 1 is 1.15 bits per heavy atom. The van der Waals surface area contributed by atoms with E-state index in [1.807, 2.05) is 48.5 Å². The molecule has 0 amide bonds. The van der Waals surface area contributed by atoms with Crippen LogP contribution in [0.1, 0.15) is 18.4 Å². The monoisotopic (exact) mass is 364 g/mol. The van der Waals surface area contributed by atoms with Gasteiger partial charge in [-0.15, -0.1) is 6.58 Å². The van der Waals surface area contributed by atoms with E-state index in [9.17, 15) is 4.79 Å². The number of unbranched alkanes of at least 4 members (excludes halogenated alkanes) is 1. The molecule has 0 aliphatic rings. The van der Waals surface area contributed by atoms with Crippen molar-refractivity contribution in [1.29, 1.82) is 0 Å². The fraction of sp³-hybridized carbons (Fsp3) is 0.273.